The third kappa shape index (κ3) is 4.73. The van der Waals surface area contributed by atoms with Gasteiger partial charge in [0.15, 0.2) is 0 Å². The molecule has 0 bridgehead atoms. The number of nitrogens with zero attached hydrogens (tertiary/aromatic N) is 1. The lowest BCUT2D eigenvalue weighted by Crippen LogP contribution is -2.55. The standard InChI is InChI=1S/C21H27F2N2O5PS/c1-12-6-5-9-25(12)19(27)17(20(2,3)4)24-18(26)16-11-13-10-14(7-8-15(13)32-16)21(22,23)31(28,29)30/h7-8,10-12,17H,5-6,9H2,1-4H3,(H,24,26)(H2,28,29,30)/t12-,17-/m1/s1. The van der Waals surface area contributed by atoms with Gasteiger partial charge in [0.25, 0.3) is 5.91 Å². The number of halogens is 2. The lowest BCUT2D eigenvalue weighted by atomic mass is 9.85. The van der Waals surface area contributed by atoms with E-state index in [-0.39, 0.29) is 22.2 Å². The molecule has 2 atom stereocenters. The molecule has 3 N–H and O–H groups in total. The first kappa shape index (κ1) is 24.8. The summed E-state index contributed by atoms with van der Waals surface area (Å²) in [6.07, 6.45) is 1.82. The van der Waals surface area contributed by atoms with Crippen molar-refractivity contribution in [1.82, 2.24) is 10.2 Å². The Morgan fingerprint density at radius 1 is 1.25 bits per heavy atom. The number of hydrogen-bond donors (Lipinski definition) is 3. The first-order valence-corrected chi connectivity index (χ1v) is 12.6. The highest BCUT2D eigenvalue weighted by Gasteiger charge is 2.50. The zero-order valence-corrected chi connectivity index (χ0v) is 20.0. The van der Waals surface area contributed by atoms with Gasteiger partial charge in [-0.25, -0.2) is 0 Å². The first-order chi connectivity index (χ1) is 14.6. The molecule has 2 aromatic rings. The second-order valence-electron chi connectivity index (χ2n) is 9.24. The Morgan fingerprint density at radius 3 is 2.44 bits per heavy atom. The van der Waals surface area contributed by atoms with Gasteiger partial charge in [0.2, 0.25) is 5.91 Å². The van der Waals surface area contributed by atoms with Crippen LogP contribution in [0.3, 0.4) is 0 Å². The van der Waals surface area contributed by atoms with Crippen molar-refractivity contribution in [2.75, 3.05) is 6.54 Å². The van der Waals surface area contributed by atoms with Crippen LogP contribution in [0, 0.1) is 5.41 Å². The molecule has 176 valence electrons. The highest BCUT2D eigenvalue weighted by molar-refractivity contribution is 7.52. The van der Waals surface area contributed by atoms with Gasteiger partial charge >= 0.3 is 13.3 Å². The molecule has 7 nitrogen and oxygen atoms in total. The molecule has 0 unspecified atom stereocenters. The number of carbonyl (C=O) groups excluding carboxylic acids is 2. The normalized spacial score (nSPS) is 18.8. The summed E-state index contributed by atoms with van der Waals surface area (Å²) in [6, 6.07) is 3.93. The molecule has 3 rings (SSSR count). The number of likely N-dealkylation sites (tertiary alicyclic amines) is 1. The Kier molecular flexibility index (Phi) is 6.56. The largest absolute Gasteiger partial charge is 0.399 e. The molecule has 1 fully saturated rings. The van der Waals surface area contributed by atoms with Crippen LogP contribution in [0.2, 0.25) is 0 Å². The molecule has 0 aliphatic carbocycles. The van der Waals surface area contributed by atoms with Crippen LogP contribution in [-0.4, -0.2) is 45.1 Å². The number of fused-ring (bicyclic) bond motifs is 1. The third-order valence-corrected chi connectivity index (χ3v) is 7.78. The van der Waals surface area contributed by atoms with Crippen LogP contribution in [0.5, 0.6) is 0 Å². The summed E-state index contributed by atoms with van der Waals surface area (Å²) in [5.74, 6) is -0.657. The maximum absolute atomic E-state index is 14.0. The monoisotopic (exact) mass is 488 g/mol. The summed E-state index contributed by atoms with van der Waals surface area (Å²) in [6.45, 7) is 8.19. The Hall–Kier alpha value is -1.87. The SMILES string of the molecule is C[C@@H]1CCCN1C(=O)[C@@H](NC(=O)c1cc2cc(C(F)(F)P(=O)(O)O)ccc2s1)C(C)(C)C. The van der Waals surface area contributed by atoms with Gasteiger partial charge in [0.1, 0.15) is 6.04 Å². The van der Waals surface area contributed by atoms with Crippen LogP contribution in [0.15, 0.2) is 24.3 Å². The van der Waals surface area contributed by atoms with Gasteiger partial charge in [-0.1, -0.05) is 26.8 Å². The molecule has 1 aromatic heterocycles. The van der Waals surface area contributed by atoms with Gasteiger partial charge in [-0.15, -0.1) is 11.3 Å². The van der Waals surface area contributed by atoms with Crippen LogP contribution in [0.25, 0.3) is 10.1 Å². The topological polar surface area (TPSA) is 107 Å². The molecule has 32 heavy (non-hydrogen) atoms. The molecule has 2 amide bonds. The molecule has 2 heterocycles. The number of alkyl halides is 2. The van der Waals surface area contributed by atoms with Gasteiger partial charge in [-0.2, -0.15) is 8.78 Å². The lowest BCUT2D eigenvalue weighted by Gasteiger charge is -2.35. The van der Waals surface area contributed by atoms with Gasteiger partial charge < -0.3 is 20.0 Å². The molecule has 0 radical (unpaired) electrons. The summed E-state index contributed by atoms with van der Waals surface area (Å²) in [5, 5.41) is 3.07. The minimum Gasteiger partial charge on any atom is -0.339 e. The maximum atomic E-state index is 14.0. The fourth-order valence-electron chi connectivity index (χ4n) is 3.79. The molecule has 0 spiro atoms. The Labute approximate surface area is 189 Å². The van der Waals surface area contributed by atoms with Crippen molar-refractivity contribution in [2.24, 2.45) is 5.41 Å². The van der Waals surface area contributed by atoms with E-state index in [1.165, 1.54) is 12.1 Å². The molecule has 11 heteroatoms. The van der Waals surface area contributed by atoms with E-state index in [0.717, 1.165) is 36.3 Å². The van der Waals surface area contributed by atoms with Crippen molar-refractivity contribution in [2.45, 2.75) is 58.3 Å². The predicted octanol–water partition coefficient (Wildman–Crippen LogP) is 4.28. The van der Waals surface area contributed by atoms with Gasteiger partial charge in [-0.3, -0.25) is 14.2 Å². The summed E-state index contributed by atoms with van der Waals surface area (Å²) in [5.41, 5.74) is -5.71. The average Bonchev–Trinajstić information content (AvgIpc) is 3.28. The summed E-state index contributed by atoms with van der Waals surface area (Å²) >= 11 is 1.05. The molecule has 1 aromatic carbocycles. The highest BCUT2D eigenvalue weighted by Crippen LogP contribution is 2.59. The molecule has 0 saturated carbocycles. The summed E-state index contributed by atoms with van der Waals surface area (Å²) in [4.78, 5) is 46.0. The number of nitrogens with one attached hydrogen (secondary N) is 1. The molecular weight excluding hydrogens is 461 g/mol. The minimum absolute atomic E-state index is 0.0997. The second kappa shape index (κ2) is 8.48. The van der Waals surface area contributed by atoms with Crippen LogP contribution in [0.1, 0.15) is 55.8 Å². The number of hydrogen-bond acceptors (Lipinski definition) is 4. The predicted molar refractivity (Wildman–Crippen MR) is 119 cm³/mol. The zero-order valence-electron chi connectivity index (χ0n) is 18.3. The van der Waals surface area contributed by atoms with Crippen LogP contribution >= 0.6 is 18.9 Å². The number of carbonyl (C=O) groups is 2. The quantitative estimate of drug-likeness (QED) is 0.545. The molecule has 1 aliphatic heterocycles. The minimum atomic E-state index is -5.70. The van der Waals surface area contributed by atoms with E-state index in [1.54, 1.807) is 4.90 Å². The van der Waals surface area contributed by atoms with Crippen LogP contribution < -0.4 is 5.32 Å². The fraction of sp³-hybridized carbons (Fsp3) is 0.524. The zero-order chi connectivity index (χ0) is 24.1. The average molecular weight is 488 g/mol. The Bertz CT molecular complexity index is 1090. The van der Waals surface area contributed by atoms with Crippen molar-refractivity contribution < 1.29 is 32.7 Å². The van der Waals surface area contributed by atoms with E-state index in [9.17, 15) is 22.9 Å². The molecular formula is C21H27F2N2O5PS. The fourth-order valence-corrected chi connectivity index (χ4v) is 5.21. The van der Waals surface area contributed by atoms with Crippen LogP contribution in [0.4, 0.5) is 8.78 Å². The highest BCUT2D eigenvalue weighted by atomic mass is 32.1. The van der Waals surface area contributed by atoms with Gasteiger partial charge in [0.05, 0.1) is 4.88 Å². The van der Waals surface area contributed by atoms with E-state index in [0.29, 0.717) is 11.2 Å². The lowest BCUT2D eigenvalue weighted by molar-refractivity contribution is -0.136. The molecule has 1 saturated heterocycles. The van der Waals surface area contributed by atoms with Crippen molar-refractivity contribution in [3.05, 3.63) is 34.7 Å². The smallest absolute Gasteiger partial charge is 0.339 e. The van der Waals surface area contributed by atoms with E-state index in [1.807, 2.05) is 27.7 Å². The van der Waals surface area contributed by atoms with Gasteiger partial charge in [-0.05, 0) is 48.8 Å². The molecule has 1 aliphatic rings. The van der Waals surface area contributed by atoms with E-state index in [2.05, 4.69) is 5.32 Å². The summed E-state index contributed by atoms with van der Waals surface area (Å²) in [7, 11) is -5.70. The van der Waals surface area contributed by atoms with Crippen molar-refractivity contribution in [3.8, 4) is 0 Å². The van der Waals surface area contributed by atoms with Crippen molar-refractivity contribution in [1.29, 1.82) is 0 Å². The number of benzene rings is 1. The number of rotatable bonds is 5. The van der Waals surface area contributed by atoms with E-state index < -0.39 is 36.2 Å². The Balaban J connectivity index is 1.88. The van der Waals surface area contributed by atoms with Crippen molar-refractivity contribution >= 4 is 40.8 Å². The van der Waals surface area contributed by atoms with E-state index in [4.69, 9.17) is 9.79 Å². The number of thiophene rings is 1. The Morgan fingerprint density at radius 2 is 1.91 bits per heavy atom. The van der Waals surface area contributed by atoms with E-state index >= 15 is 0 Å². The number of amides is 2. The first-order valence-electron chi connectivity index (χ1n) is 10.2. The maximum Gasteiger partial charge on any atom is 0.399 e. The van der Waals surface area contributed by atoms with Crippen LogP contribution in [-0.2, 0) is 15.0 Å². The summed E-state index contributed by atoms with van der Waals surface area (Å²) < 4.78 is 39.8. The third-order valence-electron chi connectivity index (χ3n) is 5.68. The second-order valence-corrected chi connectivity index (χ2v) is 12.0. The van der Waals surface area contributed by atoms with Crippen molar-refractivity contribution in [3.63, 3.8) is 0 Å². The van der Waals surface area contributed by atoms with Gasteiger partial charge in [0, 0.05) is 22.8 Å².